The summed E-state index contributed by atoms with van der Waals surface area (Å²) in [5, 5.41) is 8.57. The maximum Gasteiger partial charge on any atom is 0.320 e. The Morgan fingerprint density at radius 3 is 2.94 bits per heavy atom. The highest BCUT2D eigenvalue weighted by Gasteiger charge is 2.10. The maximum absolute atomic E-state index is 10.4. The van der Waals surface area contributed by atoms with Crippen molar-refractivity contribution in [3.63, 3.8) is 0 Å². The molecule has 1 atom stereocenters. The van der Waals surface area contributed by atoms with Crippen LogP contribution in [-0.4, -0.2) is 23.7 Å². The Labute approximate surface area is 95.0 Å². The van der Waals surface area contributed by atoms with Crippen LogP contribution in [-0.2, 0) is 4.79 Å². The van der Waals surface area contributed by atoms with Crippen molar-refractivity contribution in [2.24, 2.45) is 5.73 Å². The van der Waals surface area contributed by atoms with E-state index in [0.717, 1.165) is 11.3 Å². The summed E-state index contributed by atoms with van der Waals surface area (Å²) < 4.78 is 5.47. The first kappa shape index (κ1) is 12.5. The minimum absolute atomic E-state index is 0.432. The molecular formula is C12H17NO3. The number of hydrogen-bond acceptors (Lipinski definition) is 3. The number of carbonyl (C=O) groups is 1. The minimum atomic E-state index is -0.962. The fraction of sp³-hybridized carbons (Fsp3) is 0.417. The smallest absolute Gasteiger partial charge is 0.320 e. The Bertz CT molecular complexity index is 352. The number of hydrogen-bond donors (Lipinski definition) is 2. The molecule has 4 heteroatoms. The Morgan fingerprint density at radius 1 is 1.56 bits per heavy atom. The van der Waals surface area contributed by atoms with Crippen LogP contribution < -0.4 is 10.5 Å². The van der Waals surface area contributed by atoms with Crippen molar-refractivity contribution in [1.82, 2.24) is 0 Å². The van der Waals surface area contributed by atoms with Crippen molar-refractivity contribution < 1.29 is 14.6 Å². The normalized spacial score (nSPS) is 12.1. The molecule has 0 bridgehead atoms. The van der Waals surface area contributed by atoms with Crippen molar-refractivity contribution in [2.45, 2.75) is 25.8 Å². The van der Waals surface area contributed by atoms with E-state index in [1.54, 1.807) is 0 Å². The largest absolute Gasteiger partial charge is 0.494 e. The molecule has 0 aliphatic heterocycles. The van der Waals surface area contributed by atoms with E-state index in [1.807, 2.05) is 31.2 Å². The molecule has 0 aromatic heterocycles. The quantitative estimate of drug-likeness (QED) is 0.718. The van der Waals surface area contributed by atoms with Crippen LogP contribution in [0.15, 0.2) is 24.3 Å². The molecule has 0 aliphatic rings. The number of aryl methyl sites for hydroxylation is 1. The van der Waals surface area contributed by atoms with E-state index in [0.29, 0.717) is 19.4 Å². The average molecular weight is 223 g/mol. The zero-order valence-electron chi connectivity index (χ0n) is 9.35. The molecule has 1 aromatic rings. The highest BCUT2D eigenvalue weighted by molar-refractivity contribution is 5.72. The standard InChI is InChI=1S/C12H17NO3/c1-9-4-2-5-10(8-9)16-7-3-6-11(13)12(14)15/h2,4-5,8,11H,3,6-7,13H2,1H3,(H,14,15). The second kappa shape index (κ2) is 6.12. The van der Waals surface area contributed by atoms with Gasteiger partial charge in [0.05, 0.1) is 6.61 Å². The van der Waals surface area contributed by atoms with E-state index in [9.17, 15) is 4.79 Å². The molecule has 4 nitrogen and oxygen atoms in total. The monoisotopic (exact) mass is 223 g/mol. The molecule has 0 spiro atoms. The van der Waals surface area contributed by atoms with Gasteiger partial charge in [-0.25, -0.2) is 0 Å². The lowest BCUT2D eigenvalue weighted by atomic mass is 10.2. The Kier molecular flexibility index (Phi) is 4.79. The number of rotatable bonds is 6. The average Bonchev–Trinajstić information content (AvgIpc) is 2.24. The van der Waals surface area contributed by atoms with E-state index >= 15 is 0 Å². The van der Waals surface area contributed by atoms with Gasteiger partial charge in [0.2, 0.25) is 0 Å². The maximum atomic E-state index is 10.4. The van der Waals surface area contributed by atoms with Gasteiger partial charge in [-0.05, 0) is 37.5 Å². The fourth-order valence-corrected chi connectivity index (χ4v) is 1.32. The molecule has 0 aliphatic carbocycles. The first-order chi connectivity index (χ1) is 7.59. The van der Waals surface area contributed by atoms with Gasteiger partial charge in [0.1, 0.15) is 11.8 Å². The lowest BCUT2D eigenvalue weighted by Gasteiger charge is -2.08. The number of aliphatic carboxylic acids is 1. The first-order valence-corrected chi connectivity index (χ1v) is 5.27. The van der Waals surface area contributed by atoms with Gasteiger partial charge < -0.3 is 15.6 Å². The molecular weight excluding hydrogens is 206 g/mol. The zero-order chi connectivity index (χ0) is 12.0. The molecule has 3 N–H and O–H groups in total. The van der Waals surface area contributed by atoms with Crippen molar-refractivity contribution in [3.05, 3.63) is 29.8 Å². The third-order valence-electron chi connectivity index (χ3n) is 2.23. The molecule has 0 saturated carbocycles. The highest BCUT2D eigenvalue weighted by Crippen LogP contribution is 2.12. The Hall–Kier alpha value is -1.55. The molecule has 0 amide bonds. The summed E-state index contributed by atoms with van der Waals surface area (Å²) in [6.45, 7) is 2.48. The molecule has 1 rings (SSSR count). The van der Waals surface area contributed by atoms with Crippen LogP contribution >= 0.6 is 0 Å². The predicted octanol–water partition coefficient (Wildman–Crippen LogP) is 1.57. The first-order valence-electron chi connectivity index (χ1n) is 5.27. The summed E-state index contributed by atoms with van der Waals surface area (Å²) in [6, 6.07) is 6.95. The summed E-state index contributed by atoms with van der Waals surface area (Å²) >= 11 is 0. The van der Waals surface area contributed by atoms with Crippen molar-refractivity contribution in [2.75, 3.05) is 6.61 Å². The number of carboxylic acid groups (broad SMARTS) is 1. The predicted molar refractivity (Wildman–Crippen MR) is 61.5 cm³/mol. The number of ether oxygens (including phenoxy) is 1. The number of benzene rings is 1. The minimum Gasteiger partial charge on any atom is -0.494 e. The molecule has 1 aromatic carbocycles. The topological polar surface area (TPSA) is 72.5 Å². The van der Waals surface area contributed by atoms with Crippen molar-refractivity contribution >= 4 is 5.97 Å². The van der Waals surface area contributed by atoms with Crippen LogP contribution in [0.2, 0.25) is 0 Å². The lowest BCUT2D eigenvalue weighted by Crippen LogP contribution is -2.30. The van der Waals surface area contributed by atoms with Gasteiger partial charge in [-0.3, -0.25) is 4.79 Å². The van der Waals surface area contributed by atoms with Gasteiger partial charge in [0, 0.05) is 0 Å². The lowest BCUT2D eigenvalue weighted by molar-refractivity contribution is -0.138. The van der Waals surface area contributed by atoms with Crippen LogP contribution in [0.1, 0.15) is 18.4 Å². The SMILES string of the molecule is Cc1cccc(OCCCC(N)C(=O)O)c1. The van der Waals surface area contributed by atoms with Gasteiger partial charge >= 0.3 is 5.97 Å². The van der Waals surface area contributed by atoms with Gasteiger partial charge in [0.15, 0.2) is 0 Å². The number of carboxylic acids is 1. The van der Waals surface area contributed by atoms with E-state index in [2.05, 4.69) is 0 Å². The molecule has 88 valence electrons. The second-order valence-corrected chi connectivity index (χ2v) is 3.75. The summed E-state index contributed by atoms with van der Waals surface area (Å²) in [4.78, 5) is 10.4. The van der Waals surface area contributed by atoms with Crippen molar-refractivity contribution in [1.29, 1.82) is 0 Å². The van der Waals surface area contributed by atoms with E-state index < -0.39 is 12.0 Å². The third-order valence-corrected chi connectivity index (χ3v) is 2.23. The Morgan fingerprint density at radius 2 is 2.31 bits per heavy atom. The van der Waals surface area contributed by atoms with Gasteiger partial charge in [-0.2, -0.15) is 0 Å². The molecule has 0 radical (unpaired) electrons. The van der Waals surface area contributed by atoms with Crippen LogP contribution in [0, 0.1) is 6.92 Å². The van der Waals surface area contributed by atoms with Gasteiger partial charge in [-0.1, -0.05) is 12.1 Å². The van der Waals surface area contributed by atoms with Crippen LogP contribution in [0.3, 0.4) is 0 Å². The summed E-state index contributed by atoms with van der Waals surface area (Å²) in [5.41, 5.74) is 6.50. The van der Waals surface area contributed by atoms with Gasteiger partial charge in [-0.15, -0.1) is 0 Å². The van der Waals surface area contributed by atoms with Gasteiger partial charge in [0.25, 0.3) is 0 Å². The molecule has 0 heterocycles. The molecule has 0 fully saturated rings. The number of nitrogens with two attached hydrogens (primary N) is 1. The van der Waals surface area contributed by atoms with Crippen LogP contribution in [0.4, 0.5) is 0 Å². The summed E-state index contributed by atoms with van der Waals surface area (Å²) in [6.07, 6.45) is 1.07. The van der Waals surface area contributed by atoms with Crippen molar-refractivity contribution in [3.8, 4) is 5.75 Å². The fourth-order valence-electron chi connectivity index (χ4n) is 1.32. The molecule has 16 heavy (non-hydrogen) atoms. The zero-order valence-corrected chi connectivity index (χ0v) is 9.35. The van der Waals surface area contributed by atoms with Crippen LogP contribution in [0.25, 0.3) is 0 Å². The van der Waals surface area contributed by atoms with Crippen LogP contribution in [0.5, 0.6) is 5.75 Å². The third kappa shape index (κ3) is 4.31. The summed E-state index contributed by atoms with van der Waals surface area (Å²) in [7, 11) is 0. The Balaban J connectivity index is 2.23. The van der Waals surface area contributed by atoms with E-state index in [-0.39, 0.29) is 0 Å². The van der Waals surface area contributed by atoms with E-state index in [4.69, 9.17) is 15.6 Å². The highest BCUT2D eigenvalue weighted by atomic mass is 16.5. The van der Waals surface area contributed by atoms with E-state index in [1.165, 1.54) is 0 Å². The second-order valence-electron chi connectivity index (χ2n) is 3.75. The summed E-state index contributed by atoms with van der Waals surface area (Å²) in [5.74, 6) is -0.153. The molecule has 1 unspecified atom stereocenters. The molecule has 0 saturated heterocycles.